The summed E-state index contributed by atoms with van der Waals surface area (Å²) in [7, 11) is 1.31. The summed E-state index contributed by atoms with van der Waals surface area (Å²) in [6.07, 6.45) is 4.91. The molecule has 10 nitrogen and oxygen atoms in total. The third-order valence-electron chi connectivity index (χ3n) is 8.58. The third kappa shape index (κ3) is 6.54. The van der Waals surface area contributed by atoms with Crippen molar-refractivity contribution in [2.45, 2.75) is 58.0 Å². The molecule has 2 saturated heterocycles. The van der Waals surface area contributed by atoms with Crippen molar-refractivity contribution < 1.29 is 28.6 Å². The quantitative estimate of drug-likeness (QED) is 0.362. The number of amides is 2. The van der Waals surface area contributed by atoms with Crippen LogP contribution in [-0.2, 0) is 14.3 Å². The van der Waals surface area contributed by atoms with Gasteiger partial charge in [-0.3, -0.25) is 9.79 Å². The van der Waals surface area contributed by atoms with Crippen LogP contribution in [0.2, 0.25) is 5.02 Å². The Balaban J connectivity index is 1.37. The van der Waals surface area contributed by atoms with Crippen LogP contribution in [0.3, 0.4) is 0 Å². The molecular weight excluding hydrogens is 597 g/mol. The number of benzene rings is 1. The number of methoxy groups -OCH3 is 1. The van der Waals surface area contributed by atoms with Crippen LogP contribution in [0.5, 0.6) is 0 Å². The van der Waals surface area contributed by atoms with Gasteiger partial charge in [0.25, 0.3) is 0 Å². The van der Waals surface area contributed by atoms with E-state index in [1.165, 1.54) is 36.6 Å². The summed E-state index contributed by atoms with van der Waals surface area (Å²) in [5.41, 5.74) is 0.535. The van der Waals surface area contributed by atoms with Crippen molar-refractivity contribution in [1.29, 1.82) is 0 Å². The Morgan fingerprint density at radius 1 is 1.28 bits per heavy atom. The van der Waals surface area contributed by atoms with E-state index in [4.69, 9.17) is 21.3 Å². The first kappa shape index (κ1) is 30.9. The standard InChI is InChI=1S/C30H35ClFN5O5S/c1-30(2,28(39)40)9-12-36-16-19-6-4-17(8-11-37(19)29(36)41)14-22-23(27(38)42-3)24(20-7-5-18(32)15-21(20)31)35-25(34-22)26-33-10-13-43-26/h5,7,10,13,15,17,19,24H,4,6,8-9,11-12,14,16H2,1-3H3,(H,34,35)(H,39,40)/t17?,19-,24-/m0/s1. The van der Waals surface area contributed by atoms with Crippen molar-refractivity contribution in [2.24, 2.45) is 16.3 Å². The van der Waals surface area contributed by atoms with Gasteiger partial charge < -0.3 is 25.0 Å². The Bertz CT molecular complexity index is 1460. The topological polar surface area (TPSA) is 124 Å². The monoisotopic (exact) mass is 631 g/mol. The molecule has 3 aliphatic rings. The number of urea groups is 1. The maximum atomic E-state index is 13.9. The molecule has 13 heteroatoms. The van der Waals surface area contributed by atoms with Crippen molar-refractivity contribution >= 4 is 46.7 Å². The van der Waals surface area contributed by atoms with Gasteiger partial charge in [0, 0.05) is 47.5 Å². The fourth-order valence-corrected chi connectivity index (χ4v) is 6.75. The van der Waals surface area contributed by atoms with Crippen molar-refractivity contribution in [3.8, 4) is 0 Å². The number of halogens is 2. The number of nitrogens with zero attached hydrogens (tertiary/aromatic N) is 4. The normalized spacial score (nSPS) is 22.6. The van der Waals surface area contributed by atoms with Crippen LogP contribution < -0.4 is 5.32 Å². The number of thiazole rings is 1. The zero-order valence-corrected chi connectivity index (χ0v) is 25.9. The highest BCUT2D eigenvalue weighted by molar-refractivity contribution is 7.11. The van der Waals surface area contributed by atoms with Crippen LogP contribution in [0.1, 0.15) is 62.6 Å². The molecule has 1 aromatic carbocycles. The van der Waals surface area contributed by atoms with Gasteiger partial charge in [0.15, 0.2) is 10.8 Å². The van der Waals surface area contributed by atoms with Gasteiger partial charge in [0.2, 0.25) is 0 Å². The van der Waals surface area contributed by atoms with Gasteiger partial charge in [0.1, 0.15) is 11.9 Å². The molecule has 0 bridgehead atoms. The fraction of sp³-hybridized carbons (Fsp3) is 0.500. The zero-order chi connectivity index (χ0) is 30.9. The molecule has 0 spiro atoms. The number of allylic oxidation sites excluding steroid dienone is 1. The molecule has 2 amide bonds. The molecule has 230 valence electrons. The van der Waals surface area contributed by atoms with Gasteiger partial charge in [-0.1, -0.05) is 17.7 Å². The van der Waals surface area contributed by atoms with Crippen LogP contribution >= 0.6 is 22.9 Å². The SMILES string of the molecule is COC(=O)C1=C(CC2CC[C@H]3CN(CCC(C)(C)C(=O)O)C(=O)N3CC2)NC(c2nccs2)=N[C@H]1c1ccc(F)cc1Cl. The van der Waals surface area contributed by atoms with E-state index in [1.807, 2.05) is 10.3 Å². The number of esters is 1. The maximum Gasteiger partial charge on any atom is 0.338 e. The molecule has 4 heterocycles. The molecule has 43 heavy (non-hydrogen) atoms. The molecule has 3 atom stereocenters. The number of aromatic nitrogens is 1. The Kier molecular flexibility index (Phi) is 9.07. The lowest BCUT2D eigenvalue weighted by Gasteiger charge is -2.29. The van der Waals surface area contributed by atoms with Crippen molar-refractivity contribution in [1.82, 2.24) is 20.1 Å². The third-order valence-corrected chi connectivity index (χ3v) is 9.68. The van der Waals surface area contributed by atoms with Gasteiger partial charge in [0.05, 0.1) is 24.1 Å². The molecule has 0 saturated carbocycles. The van der Waals surface area contributed by atoms with E-state index in [9.17, 15) is 23.9 Å². The first-order chi connectivity index (χ1) is 20.5. The summed E-state index contributed by atoms with van der Waals surface area (Å²) in [6.45, 7) is 4.89. The number of aliphatic carboxylic acids is 1. The number of carbonyl (C=O) groups is 3. The van der Waals surface area contributed by atoms with Crippen molar-refractivity contribution in [3.63, 3.8) is 0 Å². The predicted octanol–water partition coefficient (Wildman–Crippen LogP) is 5.25. The number of amidine groups is 1. The van der Waals surface area contributed by atoms with Crippen LogP contribution in [0.15, 0.2) is 46.0 Å². The molecule has 1 aromatic heterocycles. The van der Waals surface area contributed by atoms with Crippen LogP contribution in [-0.4, -0.2) is 76.5 Å². The maximum absolute atomic E-state index is 13.9. The van der Waals surface area contributed by atoms with E-state index >= 15 is 0 Å². The van der Waals surface area contributed by atoms with E-state index in [1.54, 1.807) is 24.9 Å². The second-order valence-electron chi connectivity index (χ2n) is 11.8. The zero-order valence-electron chi connectivity index (χ0n) is 24.3. The highest BCUT2D eigenvalue weighted by atomic mass is 35.5. The van der Waals surface area contributed by atoms with Crippen LogP contribution in [0.25, 0.3) is 0 Å². The lowest BCUT2D eigenvalue weighted by atomic mass is 9.88. The number of carboxylic acid groups (broad SMARTS) is 1. The lowest BCUT2D eigenvalue weighted by molar-refractivity contribution is -0.147. The summed E-state index contributed by atoms with van der Waals surface area (Å²) in [5, 5.41) is 15.4. The molecule has 2 fully saturated rings. The first-order valence-electron chi connectivity index (χ1n) is 14.3. The Morgan fingerprint density at radius 2 is 2.07 bits per heavy atom. The largest absolute Gasteiger partial charge is 0.481 e. The fourth-order valence-electron chi connectivity index (χ4n) is 5.89. The molecular formula is C30H35ClFN5O5S. The lowest BCUT2D eigenvalue weighted by Crippen LogP contribution is -2.37. The number of ether oxygens (including phenoxy) is 1. The minimum atomic E-state index is -0.903. The number of aliphatic imine (C=N–C) groups is 1. The Hall–Kier alpha value is -3.51. The number of hydrogen-bond acceptors (Lipinski definition) is 8. The van der Waals surface area contributed by atoms with Crippen molar-refractivity contribution in [2.75, 3.05) is 26.7 Å². The first-order valence-corrected chi connectivity index (χ1v) is 15.5. The summed E-state index contributed by atoms with van der Waals surface area (Å²) < 4.78 is 19.1. The molecule has 0 aliphatic carbocycles. The second-order valence-corrected chi connectivity index (χ2v) is 13.1. The summed E-state index contributed by atoms with van der Waals surface area (Å²) in [6, 6.07) is 3.20. The van der Waals surface area contributed by atoms with E-state index in [0.29, 0.717) is 60.2 Å². The van der Waals surface area contributed by atoms with Gasteiger partial charge in [-0.25, -0.2) is 19.0 Å². The van der Waals surface area contributed by atoms with E-state index in [0.717, 1.165) is 19.3 Å². The number of carbonyl (C=O) groups excluding carboxylic acids is 2. The van der Waals surface area contributed by atoms with Gasteiger partial charge in [-0.2, -0.15) is 0 Å². The molecule has 2 aromatic rings. The van der Waals surface area contributed by atoms with E-state index < -0.39 is 29.2 Å². The van der Waals surface area contributed by atoms with Gasteiger partial charge in [-0.05, 0) is 64.0 Å². The van der Waals surface area contributed by atoms with Gasteiger partial charge in [-0.15, -0.1) is 11.3 Å². The number of hydrogen-bond donors (Lipinski definition) is 2. The molecule has 1 unspecified atom stereocenters. The van der Waals surface area contributed by atoms with E-state index in [-0.39, 0.29) is 23.0 Å². The number of rotatable bonds is 9. The Morgan fingerprint density at radius 3 is 2.74 bits per heavy atom. The molecule has 3 aliphatic heterocycles. The summed E-state index contributed by atoms with van der Waals surface area (Å²) in [5.74, 6) is -1.28. The number of carboxylic acids is 1. The average molecular weight is 632 g/mol. The minimum absolute atomic E-state index is 0.0528. The minimum Gasteiger partial charge on any atom is -0.481 e. The van der Waals surface area contributed by atoms with Crippen LogP contribution in [0, 0.1) is 17.2 Å². The van der Waals surface area contributed by atoms with Crippen LogP contribution in [0.4, 0.5) is 9.18 Å². The van der Waals surface area contributed by atoms with Crippen molar-refractivity contribution in [3.05, 3.63) is 62.5 Å². The predicted molar refractivity (Wildman–Crippen MR) is 160 cm³/mol. The number of nitrogens with one attached hydrogen (secondary N) is 1. The highest BCUT2D eigenvalue weighted by Gasteiger charge is 2.41. The van der Waals surface area contributed by atoms with E-state index in [2.05, 4.69) is 10.3 Å². The second kappa shape index (κ2) is 12.6. The molecule has 0 radical (unpaired) electrons. The molecule has 2 N–H and O–H groups in total. The smallest absolute Gasteiger partial charge is 0.338 e. The van der Waals surface area contributed by atoms with Gasteiger partial charge >= 0.3 is 18.0 Å². The summed E-state index contributed by atoms with van der Waals surface area (Å²) in [4.78, 5) is 50.9. The number of fused-ring (bicyclic) bond motifs is 1. The molecule has 5 rings (SSSR count). The highest BCUT2D eigenvalue weighted by Crippen LogP contribution is 2.39. The summed E-state index contributed by atoms with van der Waals surface area (Å²) >= 11 is 7.87. The average Bonchev–Trinajstić information content (AvgIpc) is 3.56. The Labute approximate surface area is 258 Å².